The Morgan fingerprint density at radius 3 is 1.33 bits per heavy atom. The monoisotopic (exact) mass is 1170 g/mol. The second-order valence-electron chi connectivity index (χ2n) is 23.3. The first-order valence-corrected chi connectivity index (χ1v) is 30.8. The molecular weight excluding hydrogens is 1090 g/mol. The van der Waals surface area contributed by atoms with Gasteiger partial charge in [0.2, 0.25) is 11.4 Å². The Morgan fingerprint density at radius 1 is 0.477 bits per heavy atom. The minimum Gasteiger partial charge on any atom is -0.871 e. The van der Waals surface area contributed by atoms with Gasteiger partial charge in [-0.05, 0) is 166 Å². The maximum atomic E-state index is 13.5. The second-order valence-corrected chi connectivity index (χ2v) is 23.3. The van der Waals surface area contributed by atoms with Gasteiger partial charge in [-0.25, -0.2) is 0 Å². The largest absolute Gasteiger partial charge is 0.871 e. The van der Waals surface area contributed by atoms with Crippen LogP contribution in [0.2, 0.25) is 0 Å². The van der Waals surface area contributed by atoms with Gasteiger partial charge in [0.15, 0.2) is 11.8 Å². The van der Waals surface area contributed by atoms with Crippen LogP contribution in [-0.4, -0.2) is 51.8 Å². The van der Waals surface area contributed by atoms with Crippen LogP contribution in [0, 0.1) is 27.7 Å². The van der Waals surface area contributed by atoms with Crippen molar-refractivity contribution in [1.82, 2.24) is 21.3 Å². The molecule has 12 nitrogen and oxygen atoms in total. The molecule has 12 heteroatoms. The molecule has 8 bridgehead atoms. The summed E-state index contributed by atoms with van der Waals surface area (Å²) in [6.45, 7) is 18.8. The molecule has 2 unspecified atom stereocenters. The quantitative estimate of drug-likeness (QED) is 0.0699. The van der Waals surface area contributed by atoms with Crippen molar-refractivity contribution in [3.8, 4) is 0 Å². The Kier molecular flexibility index (Phi) is 20.8. The molecule has 2 aliphatic carbocycles. The topological polar surface area (TPSA) is 163 Å². The lowest BCUT2D eigenvalue weighted by Gasteiger charge is -2.34. The number of benzene rings is 7. The average molecular weight is 1170 g/mol. The molecule has 4 amide bonds. The van der Waals surface area contributed by atoms with Crippen molar-refractivity contribution in [1.29, 1.82) is 0 Å². The molecule has 7 aromatic rings. The van der Waals surface area contributed by atoms with Crippen LogP contribution >= 0.6 is 0 Å². The molecule has 0 saturated carbocycles. The molecule has 6 aliphatic rings. The number of amides is 4. The highest BCUT2D eigenvalue weighted by molar-refractivity contribution is 6.39. The number of ketones is 1. The van der Waals surface area contributed by atoms with E-state index in [1.165, 1.54) is 33.6 Å². The lowest BCUT2D eigenvalue weighted by molar-refractivity contribution is -0.480. The average Bonchev–Trinajstić information content (AvgIpc) is 0.897. The van der Waals surface area contributed by atoms with Gasteiger partial charge in [0, 0.05) is 107 Å². The first-order valence-electron chi connectivity index (χ1n) is 30.8. The van der Waals surface area contributed by atoms with Gasteiger partial charge in [0.25, 0.3) is 23.6 Å². The van der Waals surface area contributed by atoms with Crippen molar-refractivity contribution in [3.05, 3.63) is 271 Å². The number of hydrogen-bond donors (Lipinski definition) is 4. The van der Waals surface area contributed by atoms with Crippen molar-refractivity contribution in [2.45, 2.75) is 132 Å². The van der Waals surface area contributed by atoms with Gasteiger partial charge in [-0.1, -0.05) is 141 Å². The molecule has 0 aromatic heterocycles. The van der Waals surface area contributed by atoms with Crippen molar-refractivity contribution < 1.29 is 33.7 Å². The van der Waals surface area contributed by atoms with E-state index in [9.17, 15) is 29.1 Å². The molecule has 4 heterocycles. The van der Waals surface area contributed by atoms with E-state index in [-0.39, 0.29) is 46.3 Å². The van der Waals surface area contributed by atoms with Gasteiger partial charge >= 0.3 is 0 Å². The molecule has 4 N–H and O–H groups in total. The molecule has 2 atom stereocenters. The number of allylic oxidation sites excluding steroid dienone is 7. The lowest BCUT2D eigenvalue weighted by Crippen LogP contribution is -2.31. The first kappa shape index (κ1) is 62.8. The fourth-order valence-corrected chi connectivity index (χ4v) is 11.5. The van der Waals surface area contributed by atoms with Crippen molar-refractivity contribution in [2.75, 3.05) is 4.90 Å². The second kappa shape index (κ2) is 29.1. The number of nitrogens with zero attached hydrogens (tertiary/aromatic N) is 2. The number of rotatable bonds is 12. The predicted molar refractivity (Wildman–Crippen MR) is 351 cm³/mol. The maximum absolute atomic E-state index is 13.5. The summed E-state index contributed by atoms with van der Waals surface area (Å²) >= 11 is 0. The maximum Gasteiger partial charge on any atom is 0.251 e. The van der Waals surface area contributed by atoms with Crippen LogP contribution in [-0.2, 0) is 31.0 Å². The number of nitrogens with one attached hydrogen (secondary N) is 4. The number of unbranched alkanes of at least 4 members (excludes halogenated alkanes) is 2. The normalized spacial score (nSPS) is 15.1. The number of carbonyl (C=O) groups is 5. The number of carbonyl (C=O) groups excluding carboxylic acids is 5. The van der Waals surface area contributed by atoms with Crippen LogP contribution < -0.4 is 31.3 Å². The molecule has 88 heavy (non-hydrogen) atoms. The summed E-state index contributed by atoms with van der Waals surface area (Å²) < 4.78 is 2.40. The zero-order valence-corrected chi connectivity index (χ0v) is 51.9. The number of anilines is 2. The van der Waals surface area contributed by atoms with E-state index < -0.39 is 0 Å². The van der Waals surface area contributed by atoms with Gasteiger partial charge in [0.05, 0.1) is 0 Å². The summed E-state index contributed by atoms with van der Waals surface area (Å²) in [5.41, 5.74) is 16.5. The van der Waals surface area contributed by atoms with Crippen LogP contribution in [0.1, 0.15) is 158 Å². The van der Waals surface area contributed by atoms with Gasteiger partial charge in [-0.2, -0.15) is 4.58 Å². The van der Waals surface area contributed by atoms with E-state index in [2.05, 4.69) is 147 Å². The van der Waals surface area contributed by atoms with Gasteiger partial charge in [0.1, 0.15) is 0 Å². The van der Waals surface area contributed by atoms with Crippen molar-refractivity contribution >= 4 is 57.8 Å². The SMILES string of the molecule is CCCCC(C)N(c1ccc(C2=C([O-])C(=C3C=CC(=[N+](c4ccc(C)cc4C)C(C)CCCC)C=C3)C2=O)cc1)c1ccc(C)cc1C.O=C1NCc2ccc(cc2)CNC(=O)c2cccc(c2)C(=O)NCc2ccc(cc2)CNC(=O)c2cccc1c2. The zero-order chi connectivity index (χ0) is 62.4. The molecule has 0 radical (unpaired) electrons. The van der Waals surface area contributed by atoms with Gasteiger partial charge < -0.3 is 31.3 Å². The number of Topliss-reactive ketones (excluding diaryl/α,β-unsaturated/α-hetero) is 1. The summed E-state index contributed by atoms with van der Waals surface area (Å²) in [5, 5.41) is 25.1. The fraction of sp³-hybridized carbons (Fsp3) is 0.263. The fourth-order valence-electron chi connectivity index (χ4n) is 11.5. The molecule has 4 aliphatic heterocycles. The Bertz CT molecular complexity index is 3660. The standard InChI is InChI=1S/C44H52N2O2.C32H28N4O4/c1-9-11-13-33(7)45(39-25-15-29(3)27-31(39)5)37-21-17-35(18-22-37)41-43(47)42(44(41)48)36-19-23-38(24-20-36)46(34(8)14-12-10-2)40-26-16-30(4)28-32(40)6;37-29-25-3-1-4-26(15-25)30(38)34-18-22-9-13-24(14-10-22)20-36-32(40)28-6-2-5-27(16-28)31(39)35-19-23-11-7-21(8-12-23)17-33-29/h15-28,33-34H,9-14H2,1-8H3;1-16H,17-20H2,(H,33,37)(H,34,38)(H,35,39)(H,36,40). The minimum absolute atomic E-state index is 0.175. The summed E-state index contributed by atoms with van der Waals surface area (Å²) in [5.74, 6) is -1.47. The third-order valence-electron chi connectivity index (χ3n) is 16.5. The minimum atomic E-state index is -0.280. The highest BCUT2D eigenvalue weighted by atomic mass is 16.3. The molecular formula is C76H80N6O6. The van der Waals surface area contributed by atoms with Crippen LogP contribution in [0.5, 0.6) is 0 Å². The molecule has 13 rings (SSSR count). The first-order chi connectivity index (χ1) is 42.5. The van der Waals surface area contributed by atoms with E-state index in [0.29, 0.717) is 71.7 Å². The smallest absolute Gasteiger partial charge is 0.251 e. The van der Waals surface area contributed by atoms with Gasteiger partial charge in [-0.3, -0.25) is 24.0 Å². The highest BCUT2D eigenvalue weighted by Gasteiger charge is 2.32. The third-order valence-corrected chi connectivity index (χ3v) is 16.5. The molecule has 0 fully saturated rings. The molecule has 450 valence electrons. The van der Waals surface area contributed by atoms with Crippen LogP contribution in [0.3, 0.4) is 0 Å². The summed E-state index contributed by atoms with van der Waals surface area (Å²) in [7, 11) is 0. The highest BCUT2D eigenvalue weighted by Crippen LogP contribution is 2.40. The Balaban J connectivity index is 0.000000213. The van der Waals surface area contributed by atoms with Crippen LogP contribution in [0.4, 0.5) is 17.1 Å². The summed E-state index contributed by atoms with van der Waals surface area (Å²) in [6.07, 6.45) is 14.7. The van der Waals surface area contributed by atoms with E-state index >= 15 is 0 Å². The van der Waals surface area contributed by atoms with Crippen LogP contribution in [0.25, 0.3) is 5.57 Å². The summed E-state index contributed by atoms with van der Waals surface area (Å²) in [6, 6.07) is 50.0. The zero-order valence-electron chi connectivity index (χ0n) is 51.9. The lowest BCUT2D eigenvalue weighted by atomic mass is 9.80. The number of aryl methyl sites for hydroxylation is 4. The van der Waals surface area contributed by atoms with E-state index in [1.807, 2.05) is 72.8 Å². The van der Waals surface area contributed by atoms with Crippen molar-refractivity contribution in [2.24, 2.45) is 0 Å². The Morgan fingerprint density at radius 2 is 0.909 bits per heavy atom. The van der Waals surface area contributed by atoms with E-state index in [1.54, 1.807) is 48.5 Å². The van der Waals surface area contributed by atoms with Crippen molar-refractivity contribution in [3.63, 3.8) is 0 Å². The molecule has 0 spiro atoms. The predicted octanol–water partition coefficient (Wildman–Crippen LogP) is 13.8. The Labute approximate surface area is 518 Å². The number of hydrogen-bond acceptors (Lipinski definition) is 7. The van der Waals surface area contributed by atoms with Crippen LogP contribution in [0.15, 0.2) is 199 Å². The summed E-state index contributed by atoms with van der Waals surface area (Å²) in [4.78, 5) is 66.9. The third kappa shape index (κ3) is 15.3. The van der Waals surface area contributed by atoms with E-state index in [4.69, 9.17) is 0 Å². The van der Waals surface area contributed by atoms with E-state index in [0.717, 1.165) is 72.2 Å². The Hall–Kier alpha value is -9.68. The van der Waals surface area contributed by atoms with Gasteiger partial charge in [-0.15, -0.1) is 0 Å². The molecule has 7 aromatic carbocycles. The molecule has 0 saturated heterocycles.